The Labute approximate surface area is 201 Å². The maximum atomic E-state index is 12.9. The Balaban J connectivity index is 1.55. The van der Waals surface area contributed by atoms with E-state index in [0.29, 0.717) is 30.5 Å². The van der Waals surface area contributed by atoms with Gasteiger partial charge in [-0.2, -0.15) is 26.3 Å². The van der Waals surface area contributed by atoms with Crippen molar-refractivity contribution in [3.05, 3.63) is 40.2 Å². The Morgan fingerprint density at radius 3 is 2.31 bits per heavy atom. The quantitative estimate of drug-likeness (QED) is 0.385. The number of benzene rings is 1. The summed E-state index contributed by atoms with van der Waals surface area (Å²) in [6.45, 7) is 1.79. The number of nitrogens with zero attached hydrogens (tertiary/aromatic N) is 3. The van der Waals surface area contributed by atoms with Crippen molar-refractivity contribution in [3.8, 4) is 5.75 Å². The zero-order valence-corrected chi connectivity index (χ0v) is 19.2. The van der Waals surface area contributed by atoms with Crippen LogP contribution >= 0.6 is 11.6 Å². The highest BCUT2D eigenvalue weighted by molar-refractivity contribution is 6.30. The SMILES string of the molecule is Cc1cc(Nc2ncc(C(F)(F)F)c(Cl)n2)c(OC2CC2)cc1C1CCN(C(=O)C(F)(F)F)CC1. The number of hydrogen-bond donors (Lipinski definition) is 1. The Hall–Kier alpha value is -2.76. The third kappa shape index (κ3) is 5.91. The fraction of sp³-hybridized carbons (Fsp3) is 0.500. The highest BCUT2D eigenvalue weighted by atomic mass is 35.5. The minimum absolute atomic E-state index is 0.00512. The minimum Gasteiger partial charge on any atom is -0.488 e. The molecule has 4 rings (SSSR count). The molecule has 1 aliphatic heterocycles. The Bertz CT molecular complexity index is 1110. The van der Waals surface area contributed by atoms with Crippen LogP contribution in [0.3, 0.4) is 0 Å². The molecule has 2 aromatic rings. The van der Waals surface area contributed by atoms with Crippen LogP contribution in [0.1, 0.15) is 48.3 Å². The maximum Gasteiger partial charge on any atom is 0.471 e. The molecule has 0 radical (unpaired) electrons. The van der Waals surface area contributed by atoms with Crippen molar-refractivity contribution in [1.82, 2.24) is 14.9 Å². The molecule has 0 unspecified atom stereocenters. The van der Waals surface area contributed by atoms with E-state index in [9.17, 15) is 31.1 Å². The molecule has 2 aliphatic rings. The van der Waals surface area contributed by atoms with Crippen LogP contribution in [0.4, 0.5) is 38.0 Å². The Kier molecular flexibility index (Phi) is 6.78. The second-order valence-electron chi connectivity index (χ2n) is 8.61. The monoisotopic (exact) mass is 522 g/mol. The average Bonchev–Trinajstić information content (AvgIpc) is 3.58. The van der Waals surface area contributed by atoms with E-state index in [1.165, 1.54) is 0 Å². The molecule has 35 heavy (non-hydrogen) atoms. The number of carbonyl (C=O) groups is 1. The lowest BCUT2D eigenvalue weighted by Crippen LogP contribution is -2.45. The van der Waals surface area contributed by atoms with Gasteiger partial charge in [-0.15, -0.1) is 0 Å². The number of nitrogens with one attached hydrogen (secondary N) is 1. The first-order valence-corrected chi connectivity index (χ1v) is 11.2. The molecule has 0 spiro atoms. The summed E-state index contributed by atoms with van der Waals surface area (Å²) in [5, 5.41) is 2.12. The van der Waals surface area contributed by atoms with Gasteiger partial charge in [0.2, 0.25) is 5.95 Å². The van der Waals surface area contributed by atoms with Gasteiger partial charge in [-0.1, -0.05) is 11.6 Å². The van der Waals surface area contributed by atoms with Gasteiger partial charge in [0, 0.05) is 19.3 Å². The van der Waals surface area contributed by atoms with Gasteiger partial charge in [0.05, 0.1) is 11.8 Å². The van der Waals surface area contributed by atoms with E-state index in [0.717, 1.165) is 28.9 Å². The molecule has 1 saturated heterocycles. The average molecular weight is 523 g/mol. The van der Waals surface area contributed by atoms with E-state index in [1.54, 1.807) is 12.1 Å². The highest BCUT2D eigenvalue weighted by Crippen LogP contribution is 2.40. The summed E-state index contributed by atoms with van der Waals surface area (Å²) in [7, 11) is 0. The molecule has 2 fully saturated rings. The molecule has 190 valence electrons. The number of carbonyl (C=O) groups excluding carboxylic acids is 1. The van der Waals surface area contributed by atoms with E-state index >= 15 is 0 Å². The normalized spacial score (nSPS) is 17.4. The largest absolute Gasteiger partial charge is 0.488 e. The molecule has 13 heteroatoms. The van der Waals surface area contributed by atoms with Crippen molar-refractivity contribution in [2.45, 2.75) is 57.0 Å². The molecule has 1 amide bonds. The highest BCUT2D eigenvalue weighted by Gasteiger charge is 2.43. The fourth-order valence-corrected chi connectivity index (χ4v) is 4.24. The van der Waals surface area contributed by atoms with Crippen LogP contribution in [0.5, 0.6) is 5.75 Å². The van der Waals surface area contributed by atoms with Gasteiger partial charge in [-0.05, 0) is 61.8 Å². The van der Waals surface area contributed by atoms with Gasteiger partial charge in [-0.25, -0.2) is 9.97 Å². The predicted molar refractivity (Wildman–Crippen MR) is 115 cm³/mol. The van der Waals surface area contributed by atoms with Gasteiger partial charge in [0.15, 0.2) is 0 Å². The van der Waals surface area contributed by atoms with Crippen molar-refractivity contribution < 1.29 is 35.9 Å². The number of halogens is 7. The second kappa shape index (κ2) is 9.36. The summed E-state index contributed by atoms with van der Waals surface area (Å²) >= 11 is 5.69. The zero-order valence-electron chi connectivity index (χ0n) is 18.4. The summed E-state index contributed by atoms with van der Waals surface area (Å²) < 4.78 is 83.0. The number of anilines is 2. The smallest absolute Gasteiger partial charge is 0.471 e. The minimum atomic E-state index is -4.90. The number of piperidine rings is 1. The van der Waals surface area contributed by atoms with Crippen molar-refractivity contribution in [3.63, 3.8) is 0 Å². The molecule has 0 bridgehead atoms. The maximum absolute atomic E-state index is 12.9. The molecule has 1 aliphatic carbocycles. The van der Waals surface area contributed by atoms with Crippen molar-refractivity contribution in [2.24, 2.45) is 0 Å². The van der Waals surface area contributed by atoms with E-state index in [2.05, 4.69) is 15.3 Å². The predicted octanol–water partition coefficient (Wildman–Crippen LogP) is 6.01. The molecule has 1 aromatic carbocycles. The van der Waals surface area contributed by atoms with Crippen molar-refractivity contribution in [2.75, 3.05) is 18.4 Å². The molecular weight excluding hydrogens is 502 g/mol. The van der Waals surface area contributed by atoms with Crippen LogP contribution in [-0.2, 0) is 11.0 Å². The van der Waals surface area contributed by atoms with Gasteiger partial charge in [-0.3, -0.25) is 4.79 Å². The van der Waals surface area contributed by atoms with Crippen molar-refractivity contribution >= 4 is 29.1 Å². The van der Waals surface area contributed by atoms with Crippen LogP contribution in [0.25, 0.3) is 0 Å². The molecule has 2 heterocycles. The summed E-state index contributed by atoms with van der Waals surface area (Å²) in [5.74, 6) is -1.63. The fourth-order valence-electron chi connectivity index (χ4n) is 4.01. The lowest BCUT2D eigenvalue weighted by atomic mass is 9.86. The summed E-state index contributed by atoms with van der Waals surface area (Å²) in [4.78, 5) is 19.7. The van der Waals surface area contributed by atoms with Gasteiger partial charge >= 0.3 is 18.3 Å². The van der Waals surface area contributed by atoms with Crippen LogP contribution in [0, 0.1) is 6.92 Å². The Morgan fingerprint density at radius 1 is 1.11 bits per heavy atom. The van der Waals surface area contributed by atoms with Crippen LogP contribution in [0.15, 0.2) is 18.3 Å². The standard InChI is InChI=1S/C22H21ClF6N4O2/c1-11-8-16(31-20-30-10-15(18(23)32-20)21(24,25)26)17(35-13-2-3-13)9-14(11)12-4-6-33(7-5-12)19(34)22(27,28)29/h8-10,12-13H,2-7H2,1H3,(H,30,31,32). The van der Waals surface area contributed by atoms with E-state index in [4.69, 9.17) is 16.3 Å². The lowest BCUT2D eigenvalue weighted by Gasteiger charge is -2.33. The van der Waals surface area contributed by atoms with Crippen LogP contribution < -0.4 is 10.1 Å². The first-order valence-electron chi connectivity index (χ1n) is 10.9. The molecule has 1 saturated carbocycles. The lowest BCUT2D eigenvalue weighted by molar-refractivity contribution is -0.186. The molecule has 6 nitrogen and oxygen atoms in total. The Morgan fingerprint density at radius 2 is 1.77 bits per heavy atom. The van der Waals surface area contributed by atoms with Crippen LogP contribution in [0.2, 0.25) is 5.15 Å². The zero-order chi connectivity index (χ0) is 25.5. The molecule has 1 aromatic heterocycles. The van der Waals surface area contributed by atoms with Crippen LogP contribution in [-0.4, -0.2) is 46.1 Å². The number of aryl methyl sites for hydroxylation is 1. The van der Waals surface area contributed by atoms with Gasteiger partial charge in [0.1, 0.15) is 16.5 Å². The summed E-state index contributed by atoms with van der Waals surface area (Å²) in [6.07, 6.45) is -6.58. The van der Waals surface area contributed by atoms with Crippen molar-refractivity contribution in [1.29, 1.82) is 0 Å². The number of likely N-dealkylation sites (tertiary alicyclic amines) is 1. The second-order valence-corrected chi connectivity index (χ2v) is 8.97. The number of amides is 1. The summed E-state index contributed by atoms with van der Waals surface area (Å²) in [6, 6.07) is 3.52. The number of ether oxygens (including phenoxy) is 1. The van der Waals surface area contributed by atoms with E-state index < -0.39 is 29.0 Å². The first kappa shape index (κ1) is 25.3. The molecule has 0 atom stereocenters. The van der Waals surface area contributed by atoms with E-state index in [1.807, 2.05) is 6.92 Å². The number of aromatic nitrogens is 2. The topological polar surface area (TPSA) is 67.4 Å². The van der Waals surface area contributed by atoms with Gasteiger partial charge in [0.25, 0.3) is 0 Å². The third-order valence-electron chi connectivity index (χ3n) is 5.94. The number of hydrogen-bond acceptors (Lipinski definition) is 5. The first-order chi connectivity index (χ1) is 16.3. The number of rotatable bonds is 5. The summed E-state index contributed by atoms with van der Waals surface area (Å²) in [5.41, 5.74) is 0.950. The molecule has 1 N–H and O–H groups in total. The number of alkyl halides is 6. The molecular formula is C22H21ClF6N4O2. The third-order valence-corrected chi connectivity index (χ3v) is 6.23. The van der Waals surface area contributed by atoms with E-state index in [-0.39, 0.29) is 31.1 Å². The van der Waals surface area contributed by atoms with Gasteiger partial charge < -0.3 is 15.0 Å².